The lowest BCUT2D eigenvalue weighted by Crippen LogP contribution is -2.35. The lowest BCUT2D eigenvalue weighted by molar-refractivity contribution is 0.198. The summed E-state index contributed by atoms with van der Waals surface area (Å²) in [6.45, 7) is 8.70. The average Bonchev–Trinajstić information content (AvgIpc) is 2.71. The highest BCUT2D eigenvalue weighted by molar-refractivity contribution is 7.80. The Morgan fingerprint density at radius 1 is 1.45 bits per heavy atom. The Hall–Kier alpha value is -1.14. The molecule has 5 nitrogen and oxygen atoms in total. The van der Waals surface area contributed by atoms with Crippen molar-refractivity contribution in [3.63, 3.8) is 0 Å². The van der Waals surface area contributed by atoms with Gasteiger partial charge in [0, 0.05) is 13.6 Å². The molecule has 0 bridgehead atoms. The van der Waals surface area contributed by atoms with E-state index in [9.17, 15) is 0 Å². The van der Waals surface area contributed by atoms with Gasteiger partial charge in [-0.05, 0) is 45.3 Å². The van der Waals surface area contributed by atoms with Crippen molar-refractivity contribution in [3.05, 3.63) is 11.3 Å². The smallest absolute Gasteiger partial charge is 0.134 e. The molecule has 2 heterocycles. The highest BCUT2D eigenvalue weighted by atomic mass is 32.1. The molecule has 20 heavy (non-hydrogen) atoms. The van der Waals surface area contributed by atoms with E-state index in [0.29, 0.717) is 10.9 Å². The van der Waals surface area contributed by atoms with Crippen molar-refractivity contribution in [3.8, 4) is 0 Å². The van der Waals surface area contributed by atoms with E-state index in [1.54, 1.807) is 0 Å². The first-order chi connectivity index (χ1) is 9.52. The fraction of sp³-hybridized carbons (Fsp3) is 0.714. The third kappa shape index (κ3) is 3.30. The second kappa shape index (κ2) is 6.54. The lowest BCUT2D eigenvalue weighted by Gasteiger charge is -2.31. The van der Waals surface area contributed by atoms with Crippen molar-refractivity contribution in [1.29, 1.82) is 0 Å². The van der Waals surface area contributed by atoms with Crippen LogP contribution in [0.15, 0.2) is 0 Å². The Labute approximate surface area is 126 Å². The third-order valence-electron chi connectivity index (χ3n) is 4.18. The molecule has 0 amide bonds. The van der Waals surface area contributed by atoms with Crippen molar-refractivity contribution in [2.75, 3.05) is 31.5 Å². The number of piperidine rings is 1. The van der Waals surface area contributed by atoms with Crippen LogP contribution in [0.5, 0.6) is 0 Å². The van der Waals surface area contributed by atoms with E-state index in [0.717, 1.165) is 30.2 Å². The van der Waals surface area contributed by atoms with Gasteiger partial charge in [0.25, 0.3) is 0 Å². The van der Waals surface area contributed by atoms with Crippen LogP contribution in [0.1, 0.15) is 31.0 Å². The summed E-state index contributed by atoms with van der Waals surface area (Å²) in [5, 5.41) is 7.90. The molecular weight excluding hydrogens is 270 g/mol. The molecule has 0 aromatic carbocycles. The second-order valence-corrected chi connectivity index (χ2v) is 6.00. The number of rotatable bonds is 5. The van der Waals surface area contributed by atoms with Crippen LogP contribution in [-0.2, 0) is 7.05 Å². The Morgan fingerprint density at radius 2 is 2.10 bits per heavy atom. The number of hydrogen-bond acceptors (Lipinski definition) is 4. The normalized spacial score (nSPS) is 17.4. The molecule has 0 saturated carbocycles. The van der Waals surface area contributed by atoms with E-state index < -0.39 is 0 Å². The number of nitrogens with one attached hydrogen (secondary N) is 1. The highest BCUT2D eigenvalue weighted by Crippen LogP contribution is 2.21. The zero-order valence-electron chi connectivity index (χ0n) is 12.6. The SMILES string of the molecule is CCN1CCC(CNc2c(C(N)=S)c(C)nn2C)CC1. The molecule has 1 saturated heterocycles. The van der Waals surface area contributed by atoms with E-state index in [1.165, 1.54) is 25.9 Å². The molecular formula is C14H25N5S. The summed E-state index contributed by atoms with van der Waals surface area (Å²) in [6.07, 6.45) is 2.50. The maximum absolute atomic E-state index is 5.81. The number of likely N-dealkylation sites (tertiary alicyclic amines) is 1. The van der Waals surface area contributed by atoms with Crippen molar-refractivity contribution in [1.82, 2.24) is 14.7 Å². The van der Waals surface area contributed by atoms with Crippen LogP contribution in [0.4, 0.5) is 5.82 Å². The molecule has 112 valence electrons. The molecule has 1 aliphatic heterocycles. The largest absolute Gasteiger partial charge is 0.389 e. The third-order valence-corrected chi connectivity index (χ3v) is 4.39. The molecule has 0 radical (unpaired) electrons. The van der Waals surface area contributed by atoms with Crippen LogP contribution in [-0.4, -0.2) is 45.8 Å². The molecule has 6 heteroatoms. The Bertz CT molecular complexity index is 474. The van der Waals surface area contributed by atoms with E-state index in [-0.39, 0.29) is 0 Å². The number of aryl methyl sites for hydroxylation is 2. The summed E-state index contributed by atoms with van der Waals surface area (Å²) >= 11 is 5.13. The molecule has 1 aromatic rings. The Morgan fingerprint density at radius 3 is 2.65 bits per heavy atom. The summed E-state index contributed by atoms with van der Waals surface area (Å²) in [5.74, 6) is 1.67. The van der Waals surface area contributed by atoms with Crippen LogP contribution >= 0.6 is 12.2 Å². The fourth-order valence-corrected chi connectivity index (χ4v) is 3.15. The molecule has 2 rings (SSSR count). The summed E-state index contributed by atoms with van der Waals surface area (Å²) in [7, 11) is 1.93. The molecule has 1 aromatic heterocycles. The summed E-state index contributed by atoms with van der Waals surface area (Å²) < 4.78 is 1.84. The number of nitrogens with zero attached hydrogens (tertiary/aromatic N) is 3. The minimum absolute atomic E-state index is 0.416. The van der Waals surface area contributed by atoms with E-state index >= 15 is 0 Å². The van der Waals surface area contributed by atoms with Crippen LogP contribution in [0, 0.1) is 12.8 Å². The van der Waals surface area contributed by atoms with E-state index in [1.807, 2.05) is 18.7 Å². The van der Waals surface area contributed by atoms with Crippen molar-refractivity contribution in [2.24, 2.45) is 18.7 Å². The monoisotopic (exact) mass is 295 g/mol. The quantitative estimate of drug-likeness (QED) is 0.806. The van der Waals surface area contributed by atoms with Crippen LogP contribution < -0.4 is 11.1 Å². The zero-order chi connectivity index (χ0) is 14.7. The maximum atomic E-state index is 5.81. The van der Waals surface area contributed by atoms with Gasteiger partial charge in [-0.2, -0.15) is 5.10 Å². The van der Waals surface area contributed by atoms with Crippen LogP contribution in [0.3, 0.4) is 0 Å². The average molecular weight is 295 g/mol. The molecule has 0 aliphatic carbocycles. The van der Waals surface area contributed by atoms with Crippen LogP contribution in [0.25, 0.3) is 0 Å². The second-order valence-electron chi connectivity index (χ2n) is 5.56. The molecule has 0 unspecified atom stereocenters. The molecule has 1 fully saturated rings. The van der Waals surface area contributed by atoms with Gasteiger partial charge in [-0.1, -0.05) is 19.1 Å². The van der Waals surface area contributed by atoms with Gasteiger partial charge in [-0.15, -0.1) is 0 Å². The van der Waals surface area contributed by atoms with Gasteiger partial charge in [-0.25, -0.2) is 0 Å². The van der Waals surface area contributed by atoms with Crippen molar-refractivity contribution < 1.29 is 0 Å². The van der Waals surface area contributed by atoms with Gasteiger partial charge in [-0.3, -0.25) is 4.68 Å². The first kappa shape index (κ1) is 15.3. The number of aromatic nitrogens is 2. The summed E-state index contributed by atoms with van der Waals surface area (Å²) in [6, 6.07) is 0. The molecule has 3 N–H and O–H groups in total. The summed E-state index contributed by atoms with van der Waals surface area (Å²) in [5.41, 5.74) is 7.58. The topological polar surface area (TPSA) is 59.1 Å². The number of anilines is 1. The van der Waals surface area contributed by atoms with Crippen molar-refractivity contribution in [2.45, 2.75) is 26.7 Å². The standard InChI is InChI=1S/C14H25N5S/c1-4-19-7-5-11(6-8-19)9-16-14-12(13(15)20)10(2)17-18(14)3/h11,16H,4-9H2,1-3H3,(H2,15,20). The minimum atomic E-state index is 0.416. The molecule has 0 spiro atoms. The van der Waals surface area contributed by atoms with E-state index in [4.69, 9.17) is 18.0 Å². The Balaban J connectivity index is 1.96. The first-order valence-electron chi connectivity index (χ1n) is 7.32. The van der Waals surface area contributed by atoms with Gasteiger partial charge in [0.15, 0.2) is 0 Å². The Kier molecular flexibility index (Phi) is 4.99. The van der Waals surface area contributed by atoms with Crippen molar-refractivity contribution >= 4 is 23.0 Å². The summed E-state index contributed by atoms with van der Waals surface area (Å²) in [4.78, 5) is 2.92. The molecule has 0 atom stereocenters. The van der Waals surface area contributed by atoms with Crippen LogP contribution in [0.2, 0.25) is 0 Å². The highest BCUT2D eigenvalue weighted by Gasteiger charge is 2.20. The van der Waals surface area contributed by atoms with E-state index in [2.05, 4.69) is 22.2 Å². The van der Waals surface area contributed by atoms with Gasteiger partial charge in [0.05, 0.1) is 11.3 Å². The minimum Gasteiger partial charge on any atom is -0.389 e. The number of hydrogen-bond donors (Lipinski definition) is 2. The zero-order valence-corrected chi connectivity index (χ0v) is 13.5. The fourth-order valence-electron chi connectivity index (χ4n) is 2.90. The molecule has 1 aliphatic rings. The van der Waals surface area contributed by atoms with Gasteiger partial charge < -0.3 is 16.0 Å². The predicted octanol–water partition coefficient (Wildman–Crippen LogP) is 1.51. The number of nitrogens with two attached hydrogens (primary N) is 1. The van der Waals surface area contributed by atoms with Gasteiger partial charge >= 0.3 is 0 Å². The lowest BCUT2D eigenvalue weighted by atomic mass is 9.97. The predicted molar refractivity (Wildman–Crippen MR) is 87.2 cm³/mol. The first-order valence-corrected chi connectivity index (χ1v) is 7.73. The van der Waals surface area contributed by atoms with Gasteiger partial charge in [0.1, 0.15) is 10.8 Å². The maximum Gasteiger partial charge on any atom is 0.134 e. The number of thiocarbonyl (C=S) groups is 1. The van der Waals surface area contributed by atoms with Gasteiger partial charge in [0.2, 0.25) is 0 Å².